The summed E-state index contributed by atoms with van der Waals surface area (Å²) in [5, 5.41) is 6.87. The van der Waals surface area contributed by atoms with Gasteiger partial charge in [0.2, 0.25) is 11.8 Å². The number of hydrogen-bond acceptors (Lipinski definition) is 3. The fourth-order valence-corrected chi connectivity index (χ4v) is 3.17. The van der Waals surface area contributed by atoms with E-state index in [0.29, 0.717) is 18.1 Å². The smallest absolute Gasteiger partial charge is 0.229 e. The molecule has 2 aromatic carbocycles. The highest BCUT2D eigenvalue weighted by molar-refractivity contribution is 6.30. The van der Waals surface area contributed by atoms with Gasteiger partial charge in [-0.15, -0.1) is 12.4 Å². The van der Waals surface area contributed by atoms with Crippen molar-refractivity contribution in [3.8, 4) is 0 Å². The molecule has 3 rings (SSSR count). The van der Waals surface area contributed by atoms with Gasteiger partial charge in [0.15, 0.2) is 0 Å². The number of anilines is 2. The number of halogens is 2. The predicted octanol–water partition coefficient (Wildman–Crippen LogP) is 3.86. The number of rotatable bonds is 6. The molecular weight excluding hydrogens is 385 g/mol. The molecule has 0 radical (unpaired) electrons. The van der Waals surface area contributed by atoms with E-state index in [1.165, 1.54) is 0 Å². The summed E-state index contributed by atoms with van der Waals surface area (Å²) in [6.45, 7) is 3.96. The maximum Gasteiger partial charge on any atom is 0.229 e. The van der Waals surface area contributed by atoms with Gasteiger partial charge in [-0.25, -0.2) is 0 Å². The highest BCUT2D eigenvalue weighted by Crippen LogP contribution is 2.27. The Morgan fingerprint density at radius 2 is 1.89 bits per heavy atom. The van der Waals surface area contributed by atoms with Gasteiger partial charge in [0, 0.05) is 35.9 Å². The Morgan fingerprint density at radius 3 is 2.59 bits per heavy atom. The zero-order valence-electron chi connectivity index (χ0n) is 15.1. The molecular formula is C20H23Cl2N3O2. The second-order valence-corrected chi connectivity index (χ2v) is 6.74. The fourth-order valence-electron chi connectivity index (χ4n) is 3.04. The standard InChI is InChI=1S/C20H22ClN3O2.ClH/c1-2-22-12-14-5-3-4-6-18(14)23-20(26)15-11-19(25)24(13-15)17-9-7-16(21)8-10-17;/h3-10,15,22H,2,11-13H2,1H3,(H,23,26);1H. The van der Waals surface area contributed by atoms with Crippen molar-refractivity contribution in [2.24, 2.45) is 5.92 Å². The average Bonchev–Trinajstić information content (AvgIpc) is 3.03. The van der Waals surface area contributed by atoms with Crippen molar-refractivity contribution in [3.63, 3.8) is 0 Å². The summed E-state index contributed by atoms with van der Waals surface area (Å²) in [5.41, 5.74) is 2.58. The van der Waals surface area contributed by atoms with E-state index in [2.05, 4.69) is 10.6 Å². The lowest BCUT2D eigenvalue weighted by atomic mass is 10.1. The second-order valence-electron chi connectivity index (χ2n) is 6.31. The fraction of sp³-hybridized carbons (Fsp3) is 0.300. The second kappa shape index (κ2) is 9.74. The number of benzene rings is 2. The average molecular weight is 408 g/mol. The lowest BCUT2D eigenvalue weighted by Crippen LogP contribution is -2.28. The van der Waals surface area contributed by atoms with E-state index >= 15 is 0 Å². The van der Waals surface area contributed by atoms with E-state index in [9.17, 15) is 9.59 Å². The van der Waals surface area contributed by atoms with Gasteiger partial charge in [-0.1, -0.05) is 36.7 Å². The van der Waals surface area contributed by atoms with Gasteiger partial charge in [-0.2, -0.15) is 0 Å². The molecule has 27 heavy (non-hydrogen) atoms. The summed E-state index contributed by atoms with van der Waals surface area (Å²) < 4.78 is 0. The molecule has 2 amide bonds. The molecule has 0 bridgehead atoms. The van der Waals surface area contributed by atoms with Gasteiger partial charge in [-0.3, -0.25) is 9.59 Å². The van der Waals surface area contributed by atoms with Gasteiger partial charge in [0.1, 0.15) is 0 Å². The third-order valence-electron chi connectivity index (χ3n) is 4.47. The molecule has 0 aliphatic carbocycles. The first-order valence-electron chi connectivity index (χ1n) is 8.74. The molecule has 0 saturated carbocycles. The summed E-state index contributed by atoms with van der Waals surface area (Å²) in [5.74, 6) is -0.544. The molecule has 1 atom stereocenters. The van der Waals surface area contributed by atoms with Crippen molar-refractivity contribution in [2.45, 2.75) is 19.9 Å². The third kappa shape index (κ3) is 5.22. The van der Waals surface area contributed by atoms with Crippen molar-refractivity contribution in [1.29, 1.82) is 0 Å². The van der Waals surface area contributed by atoms with Crippen LogP contribution < -0.4 is 15.5 Å². The molecule has 0 aromatic heterocycles. The number of carbonyl (C=O) groups excluding carboxylic acids is 2. The van der Waals surface area contributed by atoms with Crippen molar-refractivity contribution in [1.82, 2.24) is 5.32 Å². The zero-order chi connectivity index (χ0) is 18.5. The number of para-hydroxylation sites is 1. The minimum Gasteiger partial charge on any atom is -0.325 e. The van der Waals surface area contributed by atoms with E-state index in [0.717, 1.165) is 23.5 Å². The van der Waals surface area contributed by atoms with Crippen LogP contribution in [-0.4, -0.2) is 24.9 Å². The molecule has 0 spiro atoms. The molecule has 7 heteroatoms. The summed E-state index contributed by atoms with van der Waals surface area (Å²) in [7, 11) is 0. The number of amides is 2. The molecule has 1 heterocycles. The lowest BCUT2D eigenvalue weighted by molar-refractivity contribution is -0.122. The Hall–Kier alpha value is -2.08. The first-order valence-corrected chi connectivity index (χ1v) is 9.11. The first kappa shape index (κ1) is 21.2. The van der Waals surface area contributed by atoms with Crippen LogP contribution in [0.15, 0.2) is 48.5 Å². The molecule has 144 valence electrons. The molecule has 1 fully saturated rings. The van der Waals surface area contributed by atoms with Crippen LogP contribution in [0.5, 0.6) is 0 Å². The Bertz CT molecular complexity index is 796. The van der Waals surface area contributed by atoms with E-state index in [1.54, 1.807) is 29.2 Å². The predicted molar refractivity (Wildman–Crippen MR) is 112 cm³/mol. The molecule has 1 unspecified atom stereocenters. The summed E-state index contributed by atoms with van der Waals surface area (Å²) in [6, 6.07) is 14.8. The Kier molecular flexibility index (Phi) is 7.66. The van der Waals surface area contributed by atoms with E-state index in [1.807, 2.05) is 31.2 Å². The van der Waals surface area contributed by atoms with Crippen LogP contribution in [0.4, 0.5) is 11.4 Å². The molecule has 5 nitrogen and oxygen atoms in total. The zero-order valence-corrected chi connectivity index (χ0v) is 16.6. The van der Waals surface area contributed by atoms with Crippen LogP contribution >= 0.6 is 24.0 Å². The highest BCUT2D eigenvalue weighted by atomic mass is 35.5. The van der Waals surface area contributed by atoms with E-state index in [-0.39, 0.29) is 36.6 Å². The normalized spacial score (nSPS) is 16.1. The molecule has 1 aliphatic heterocycles. The monoisotopic (exact) mass is 407 g/mol. The van der Waals surface area contributed by atoms with Crippen molar-refractivity contribution >= 4 is 47.2 Å². The maximum absolute atomic E-state index is 12.7. The number of nitrogens with one attached hydrogen (secondary N) is 2. The number of hydrogen-bond donors (Lipinski definition) is 2. The Labute approximate surface area is 170 Å². The summed E-state index contributed by atoms with van der Waals surface area (Å²) in [6.07, 6.45) is 0.212. The van der Waals surface area contributed by atoms with Crippen LogP contribution in [0.1, 0.15) is 18.9 Å². The van der Waals surface area contributed by atoms with Crippen molar-refractivity contribution in [2.75, 3.05) is 23.3 Å². The van der Waals surface area contributed by atoms with E-state index < -0.39 is 0 Å². The quantitative estimate of drug-likeness (QED) is 0.763. The lowest BCUT2D eigenvalue weighted by Gasteiger charge is -2.17. The van der Waals surface area contributed by atoms with E-state index in [4.69, 9.17) is 11.6 Å². The Balaban J connectivity index is 0.00000261. The first-order chi connectivity index (χ1) is 12.6. The van der Waals surface area contributed by atoms with Gasteiger partial charge in [0.05, 0.1) is 5.92 Å². The van der Waals surface area contributed by atoms with Crippen LogP contribution in [-0.2, 0) is 16.1 Å². The minimum atomic E-state index is -0.370. The van der Waals surface area contributed by atoms with Crippen molar-refractivity contribution in [3.05, 3.63) is 59.1 Å². The SMILES string of the molecule is CCNCc1ccccc1NC(=O)C1CC(=O)N(c2ccc(Cl)cc2)C1.Cl. The van der Waals surface area contributed by atoms with Gasteiger partial charge >= 0.3 is 0 Å². The van der Waals surface area contributed by atoms with Crippen LogP contribution in [0, 0.1) is 5.92 Å². The van der Waals surface area contributed by atoms with Crippen LogP contribution in [0.3, 0.4) is 0 Å². The van der Waals surface area contributed by atoms with Crippen molar-refractivity contribution < 1.29 is 9.59 Å². The summed E-state index contributed by atoms with van der Waals surface area (Å²) >= 11 is 5.90. The largest absolute Gasteiger partial charge is 0.325 e. The van der Waals surface area contributed by atoms with Gasteiger partial charge in [-0.05, 0) is 42.4 Å². The van der Waals surface area contributed by atoms with Crippen LogP contribution in [0.2, 0.25) is 5.02 Å². The van der Waals surface area contributed by atoms with Gasteiger partial charge in [0.25, 0.3) is 0 Å². The minimum absolute atomic E-state index is 0. The van der Waals surface area contributed by atoms with Gasteiger partial charge < -0.3 is 15.5 Å². The van der Waals surface area contributed by atoms with Crippen LogP contribution in [0.25, 0.3) is 0 Å². The topological polar surface area (TPSA) is 61.4 Å². The molecule has 2 N–H and O–H groups in total. The highest BCUT2D eigenvalue weighted by Gasteiger charge is 2.35. The molecule has 1 aliphatic rings. The molecule has 2 aromatic rings. The summed E-state index contributed by atoms with van der Waals surface area (Å²) in [4.78, 5) is 26.7. The Morgan fingerprint density at radius 1 is 1.19 bits per heavy atom. The third-order valence-corrected chi connectivity index (χ3v) is 4.73. The number of carbonyl (C=O) groups is 2. The maximum atomic E-state index is 12.7. The molecule has 1 saturated heterocycles. The number of nitrogens with zero attached hydrogens (tertiary/aromatic N) is 1.